The third kappa shape index (κ3) is 6.61. The molecular weight excluding hydrogens is 382 g/mol. The zero-order chi connectivity index (χ0) is 22.9. The van der Waals surface area contributed by atoms with Crippen molar-refractivity contribution < 1.29 is 24.1 Å². The predicted molar refractivity (Wildman–Crippen MR) is 120 cm³/mol. The van der Waals surface area contributed by atoms with Crippen LogP contribution in [-0.4, -0.2) is 60.0 Å². The van der Waals surface area contributed by atoms with Crippen LogP contribution in [0.25, 0.3) is 0 Å². The van der Waals surface area contributed by atoms with E-state index in [0.717, 1.165) is 32.4 Å². The molecule has 0 aliphatic carbocycles. The summed E-state index contributed by atoms with van der Waals surface area (Å²) in [5.41, 5.74) is -0.472. The molecule has 6 heteroatoms. The summed E-state index contributed by atoms with van der Waals surface area (Å²) in [4.78, 5) is 14.3. The molecule has 1 aromatic carbocycles. The van der Waals surface area contributed by atoms with Gasteiger partial charge in [-0.25, -0.2) is 4.79 Å². The highest BCUT2D eigenvalue weighted by Crippen LogP contribution is 2.37. The van der Waals surface area contributed by atoms with Gasteiger partial charge in [0.15, 0.2) is 11.5 Å². The van der Waals surface area contributed by atoms with Gasteiger partial charge in [-0.3, -0.25) is 0 Å². The van der Waals surface area contributed by atoms with Crippen LogP contribution in [0.4, 0.5) is 0 Å². The Morgan fingerprint density at radius 3 is 2.33 bits per heavy atom. The lowest BCUT2D eigenvalue weighted by Gasteiger charge is -2.39. The van der Waals surface area contributed by atoms with E-state index in [9.17, 15) is 9.90 Å². The highest BCUT2D eigenvalue weighted by atomic mass is 16.6. The molecule has 0 amide bonds. The van der Waals surface area contributed by atoms with Crippen molar-refractivity contribution in [3.8, 4) is 11.5 Å². The summed E-state index contributed by atoms with van der Waals surface area (Å²) in [6.45, 7) is 15.8. The maximum absolute atomic E-state index is 11.9. The first kappa shape index (κ1) is 26.2. The molecule has 3 rings (SSSR count). The normalized spacial score (nSPS) is 23.1. The number of rotatable bonds is 4. The van der Waals surface area contributed by atoms with Crippen molar-refractivity contribution in [3.63, 3.8) is 0 Å². The van der Waals surface area contributed by atoms with Crippen LogP contribution in [0.2, 0.25) is 0 Å². The van der Waals surface area contributed by atoms with Crippen molar-refractivity contribution in [1.82, 2.24) is 4.90 Å². The Morgan fingerprint density at radius 2 is 1.77 bits per heavy atom. The number of aliphatic hydroxyl groups is 1. The first-order chi connectivity index (χ1) is 14.2. The fourth-order valence-corrected chi connectivity index (χ4v) is 3.60. The standard InChI is InChI=1S/C20H29NO5.2C2H6/c1-14(21-9-7-19(2,23)8-10-21)11-15-5-6-16-17(12-15)25-13-20(3,26-16)18(22)24-4;2*1-2/h5-6,12,14,23H,7-11,13H2,1-4H3;2*1-2H3. The molecule has 2 atom stereocenters. The lowest BCUT2D eigenvalue weighted by molar-refractivity contribution is -0.162. The molecule has 0 radical (unpaired) electrons. The number of benzene rings is 1. The van der Waals surface area contributed by atoms with E-state index in [1.807, 2.05) is 52.8 Å². The zero-order valence-corrected chi connectivity index (χ0v) is 20.1. The molecule has 0 spiro atoms. The Balaban J connectivity index is 0.00000106. The van der Waals surface area contributed by atoms with Crippen molar-refractivity contribution in [2.75, 3.05) is 26.8 Å². The van der Waals surface area contributed by atoms with Gasteiger partial charge in [0.25, 0.3) is 0 Å². The minimum absolute atomic E-state index is 0.132. The number of hydrogen-bond donors (Lipinski definition) is 1. The Labute approximate surface area is 182 Å². The van der Waals surface area contributed by atoms with Crippen LogP contribution in [0.15, 0.2) is 18.2 Å². The van der Waals surface area contributed by atoms with Crippen LogP contribution in [0.3, 0.4) is 0 Å². The SMILES string of the molecule is CC.CC.COC(=O)C1(C)COc2cc(CC(C)N3CCC(C)(O)CC3)ccc2O1. The predicted octanol–water partition coefficient (Wildman–Crippen LogP) is 4.22. The van der Waals surface area contributed by atoms with Crippen molar-refractivity contribution >= 4 is 5.97 Å². The maximum atomic E-state index is 11.9. The van der Waals surface area contributed by atoms with E-state index in [1.165, 1.54) is 12.7 Å². The molecule has 30 heavy (non-hydrogen) atoms. The molecule has 2 aliphatic heterocycles. The Hall–Kier alpha value is -1.79. The Morgan fingerprint density at radius 1 is 1.17 bits per heavy atom. The summed E-state index contributed by atoms with van der Waals surface area (Å²) >= 11 is 0. The summed E-state index contributed by atoms with van der Waals surface area (Å²) < 4.78 is 16.4. The molecule has 2 heterocycles. The van der Waals surface area contributed by atoms with E-state index in [0.29, 0.717) is 17.5 Å². The van der Waals surface area contributed by atoms with Crippen molar-refractivity contribution in [2.45, 2.75) is 85.0 Å². The average Bonchev–Trinajstić information content (AvgIpc) is 2.76. The molecule has 2 unspecified atom stereocenters. The third-order valence-corrected chi connectivity index (χ3v) is 5.49. The van der Waals surface area contributed by atoms with E-state index >= 15 is 0 Å². The summed E-state index contributed by atoms with van der Waals surface area (Å²) in [5.74, 6) is 0.786. The molecule has 2 aliphatic rings. The molecule has 1 aromatic rings. The quantitative estimate of drug-likeness (QED) is 0.732. The number of methoxy groups -OCH3 is 1. The summed E-state index contributed by atoms with van der Waals surface area (Å²) in [5, 5.41) is 10.1. The second kappa shape index (κ2) is 11.6. The van der Waals surface area contributed by atoms with Crippen LogP contribution in [0.1, 0.15) is 66.9 Å². The van der Waals surface area contributed by atoms with E-state index in [2.05, 4.69) is 11.8 Å². The number of esters is 1. The van der Waals surface area contributed by atoms with Gasteiger partial charge in [0.2, 0.25) is 5.60 Å². The van der Waals surface area contributed by atoms with Crippen LogP contribution in [0.5, 0.6) is 11.5 Å². The number of fused-ring (bicyclic) bond motifs is 1. The zero-order valence-electron chi connectivity index (χ0n) is 20.1. The molecule has 0 bridgehead atoms. The smallest absolute Gasteiger partial charge is 0.353 e. The number of carbonyl (C=O) groups is 1. The number of hydrogen-bond acceptors (Lipinski definition) is 6. The molecule has 6 nitrogen and oxygen atoms in total. The molecule has 1 fully saturated rings. The van der Waals surface area contributed by atoms with Crippen LogP contribution in [0, 0.1) is 0 Å². The van der Waals surface area contributed by atoms with Gasteiger partial charge in [-0.1, -0.05) is 33.8 Å². The van der Waals surface area contributed by atoms with Gasteiger partial charge in [-0.15, -0.1) is 0 Å². The summed E-state index contributed by atoms with van der Waals surface area (Å²) in [7, 11) is 1.34. The molecule has 1 N–H and O–H groups in total. The molecule has 0 aromatic heterocycles. The second-order valence-electron chi connectivity index (χ2n) is 7.98. The largest absolute Gasteiger partial charge is 0.485 e. The van der Waals surface area contributed by atoms with E-state index in [-0.39, 0.29) is 6.61 Å². The topological polar surface area (TPSA) is 68.2 Å². The van der Waals surface area contributed by atoms with Crippen molar-refractivity contribution in [2.24, 2.45) is 0 Å². The lowest BCUT2D eigenvalue weighted by Crippen LogP contribution is -2.49. The second-order valence-corrected chi connectivity index (χ2v) is 7.98. The number of nitrogens with zero attached hydrogens (tertiary/aromatic N) is 1. The molecule has 1 saturated heterocycles. The van der Waals surface area contributed by atoms with Gasteiger partial charge >= 0.3 is 5.97 Å². The monoisotopic (exact) mass is 423 g/mol. The number of piperidine rings is 1. The van der Waals surface area contributed by atoms with Gasteiger partial charge in [-0.2, -0.15) is 0 Å². The average molecular weight is 424 g/mol. The number of likely N-dealkylation sites (tertiary alicyclic amines) is 1. The summed E-state index contributed by atoms with van der Waals surface area (Å²) in [6.07, 6.45) is 2.52. The minimum Gasteiger partial charge on any atom is -0.485 e. The van der Waals surface area contributed by atoms with Gasteiger partial charge < -0.3 is 24.2 Å². The van der Waals surface area contributed by atoms with E-state index in [1.54, 1.807) is 6.92 Å². The third-order valence-electron chi connectivity index (χ3n) is 5.49. The highest BCUT2D eigenvalue weighted by molar-refractivity contribution is 5.80. The van der Waals surface area contributed by atoms with Gasteiger partial charge in [0.05, 0.1) is 12.7 Å². The summed E-state index contributed by atoms with van der Waals surface area (Å²) in [6, 6.07) is 6.25. The minimum atomic E-state index is -1.11. The van der Waals surface area contributed by atoms with Crippen LogP contribution >= 0.6 is 0 Å². The maximum Gasteiger partial charge on any atom is 0.353 e. The van der Waals surface area contributed by atoms with E-state index in [4.69, 9.17) is 14.2 Å². The Bertz CT molecular complexity index is 666. The first-order valence-corrected chi connectivity index (χ1v) is 11.2. The number of ether oxygens (including phenoxy) is 3. The van der Waals surface area contributed by atoms with Crippen LogP contribution < -0.4 is 9.47 Å². The van der Waals surface area contributed by atoms with E-state index < -0.39 is 17.2 Å². The first-order valence-electron chi connectivity index (χ1n) is 11.2. The van der Waals surface area contributed by atoms with Gasteiger partial charge in [0.1, 0.15) is 6.61 Å². The molecular formula is C24H41NO5. The highest BCUT2D eigenvalue weighted by Gasteiger charge is 2.42. The van der Waals surface area contributed by atoms with Gasteiger partial charge in [0, 0.05) is 19.1 Å². The van der Waals surface area contributed by atoms with Crippen LogP contribution in [-0.2, 0) is 16.0 Å². The molecule has 172 valence electrons. The van der Waals surface area contributed by atoms with Crippen molar-refractivity contribution in [1.29, 1.82) is 0 Å². The fraction of sp³-hybridized carbons (Fsp3) is 0.708. The Kier molecular flexibility index (Phi) is 10.1. The molecule has 0 saturated carbocycles. The lowest BCUT2D eigenvalue weighted by atomic mass is 9.92. The van der Waals surface area contributed by atoms with Gasteiger partial charge in [-0.05, 0) is 57.7 Å². The fourth-order valence-electron chi connectivity index (χ4n) is 3.60. The number of carbonyl (C=O) groups excluding carboxylic acids is 1. The van der Waals surface area contributed by atoms with Crippen molar-refractivity contribution in [3.05, 3.63) is 23.8 Å².